The van der Waals surface area contributed by atoms with E-state index in [0.717, 1.165) is 5.56 Å². The molecule has 0 aliphatic rings. The van der Waals surface area contributed by atoms with Gasteiger partial charge in [0.25, 0.3) is 0 Å². The maximum Gasteiger partial charge on any atom is 0.322 e. The first-order valence-corrected chi connectivity index (χ1v) is 6.29. The minimum atomic E-state index is -0.414. The molecule has 21 heavy (non-hydrogen) atoms. The Labute approximate surface area is 119 Å². The zero-order valence-corrected chi connectivity index (χ0v) is 10.9. The molecular formula is C15H11F2N3O. The van der Waals surface area contributed by atoms with Crippen LogP contribution in [0.15, 0.2) is 53.1 Å². The highest BCUT2D eigenvalue weighted by molar-refractivity contribution is 5.56. The number of benzene rings is 2. The summed E-state index contributed by atoms with van der Waals surface area (Å²) in [6.07, 6.45) is 0. The molecule has 1 heterocycles. The molecule has 0 amide bonds. The summed E-state index contributed by atoms with van der Waals surface area (Å²) in [4.78, 5) is 4.07. The topological polar surface area (TPSA) is 51.0 Å². The van der Waals surface area contributed by atoms with Crippen molar-refractivity contribution in [1.82, 2.24) is 10.1 Å². The Morgan fingerprint density at radius 2 is 1.76 bits per heavy atom. The molecule has 4 nitrogen and oxygen atoms in total. The highest BCUT2D eigenvalue weighted by Crippen LogP contribution is 2.20. The maximum atomic E-state index is 13.6. The van der Waals surface area contributed by atoms with Gasteiger partial charge in [0.2, 0.25) is 5.82 Å². The van der Waals surface area contributed by atoms with E-state index < -0.39 is 5.82 Å². The average molecular weight is 287 g/mol. The van der Waals surface area contributed by atoms with Crippen molar-refractivity contribution in [3.05, 3.63) is 65.7 Å². The summed E-state index contributed by atoms with van der Waals surface area (Å²) >= 11 is 0. The second-order valence-electron chi connectivity index (χ2n) is 4.38. The largest absolute Gasteiger partial charge is 0.334 e. The van der Waals surface area contributed by atoms with E-state index >= 15 is 0 Å². The van der Waals surface area contributed by atoms with Gasteiger partial charge in [0.1, 0.15) is 11.6 Å². The molecule has 0 radical (unpaired) electrons. The number of aromatic nitrogens is 2. The van der Waals surface area contributed by atoms with Crippen LogP contribution in [-0.4, -0.2) is 10.1 Å². The van der Waals surface area contributed by atoms with Gasteiger partial charge < -0.3 is 9.84 Å². The zero-order chi connectivity index (χ0) is 14.7. The van der Waals surface area contributed by atoms with Crippen molar-refractivity contribution >= 4 is 6.01 Å². The van der Waals surface area contributed by atoms with Crippen molar-refractivity contribution in [2.45, 2.75) is 6.54 Å². The highest BCUT2D eigenvalue weighted by atomic mass is 19.1. The first-order valence-electron chi connectivity index (χ1n) is 6.29. The van der Waals surface area contributed by atoms with Crippen LogP contribution in [0, 0.1) is 11.6 Å². The van der Waals surface area contributed by atoms with Gasteiger partial charge in [-0.3, -0.25) is 0 Å². The van der Waals surface area contributed by atoms with Crippen LogP contribution in [0.3, 0.4) is 0 Å². The zero-order valence-electron chi connectivity index (χ0n) is 10.9. The van der Waals surface area contributed by atoms with Crippen LogP contribution in [-0.2, 0) is 6.54 Å². The van der Waals surface area contributed by atoms with Gasteiger partial charge in [-0.1, -0.05) is 29.4 Å². The third kappa shape index (κ3) is 3.05. The van der Waals surface area contributed by atoms with E-state index in [0.29, 0.717) is 6.54 Å². The fourth-order valence-corrected chi connectivity index (χ4v) is 1.83. The second-order valence-corrected chi connectivity index (χ2v) is 4.38. The summed E-state index contributed by atoms with van der Waals surface area (Å²) in [7, 11) is 0. The van der Waals surface area contributed by atoms with Crippen LogP contribution in [0.25, 0.3) is 11.4 Å². The van der Waals surface area contributed by atoms with Gasteiger partial charge in [-0.2, -0.15) is 4.98 Å². The first-order chi connectivity index (χ1) is 10.2. The molecule has 6 heteroatoms. The normalized spacial score (nSPS) is 10.6. The Morgan fingerprint density at radius 1 is 1.00 bits per heavy atom. The summed E-state index contributed by atoms with van der Waals surface area (Å²) in [5.41, 5.74) is 1.14. The number of hydrogen-bond donors (Lipinski definition) is 1. The molecule has 0 bridgehead atoms. The third-order valence-corrected chi connectivity index (χ3v) is 2.90. The lowest BCUT2D eigenvalue weighted by molar-refractivity contribution is 0.431. The predicted molar refractivity (Wildman–Crippen MR) is 73.4 cm³/mol. The van der Waals surface area contributed by atoms with E-state index in [4.69, 9.17) is 4.52 Å². The van der Waals surface area contributed by atoms with Crippen LogP contribution in [0.2, 0.25) is 0 Å². The lowest BCUT2D eigenvalue weighted by Gasteiger charge is -2.00. The van der Waals surface area contributed by atoms with Gasteiger partial charge in [-0.25, -0.2) is 8.78 Å². The van der Waals surface area contributed by atoms with Gasteiger partial charge in [0.05, 0.1) is 5.56 Å². The van der Waals surface area contributed by atoms with Crippen LogP contribution >= 0.6 is 0 Å². The van der Waals surface area contributed by atoms with E-state index in [1.807, 2.05) is 0 Å². The van der Waals surface area contributed by atoms with Gasteiger partial charge in [0.15, 0.2) is 0 Å². The highest BCUT2D eigenvalue weighted by Gasteiger charge is 2.11. The van der Waals surface area contributed by atoms with Gasteiger partial charge >= 0.3 is 6.01 Å². The molecule has 3 aromatic rings. The Kier molecular flexibility index (Phi) is 3.59. The molecule has 1 N–H and O–H groups in total. The summed E-state index contributed by atoms with van der Waals surface area (Å²) in [6.45, 7) is 0.402. The summed E-state index contributed by atoms with van der Waals surface area (Å²) in [6, 6.07) is 12.4. The van der Waals surface area contributed by atoms with Gasteiger partial charge in [0, 0.05) is 6.54 Å². The number of rotatable bonds is 4. The first kappa shape index (κ1) is 13.2. The molecule has 0 fully saturated rings. The second kappa shape index (κ2) is 5.70. The molecule has 0 aliphatic carbocycles. The van der Waals surface area contributed by atoms with Crippen molar-refractivity contribution < 1.29 is 13.3 Å². The molecule has 2 aromatic carbocycles. The Balaban J connectivity index is 1.71. The fourth-order valence-electron chi connectivity index (χ4n) is 1.83. The summed E-state index contributed by atoms with van der Waals surface area (Å²) < 4.78 is 31.4. The van der Waals surface area contributed by atoms with E-state index in [9.17, 15) is 8.78 Å². The molecule has 0 spiro atoms. The number of nitrogens with one attached hydrogen (secondary N) is 1. The SMILES string of the molecule is Fc1ccc(CNc2nc(-c3ccccc3F)no2)cc1. The fraction of sp³-hybridized carbons (Fsp3) is 0.0667. The van der Waals surface area contributed by atoms with Crippen LogP contribution in [0.5, 0.6) is 0 Å². The lowest BCUT2D eigenvalue weighted by atomic mass is 10.2. The molecule has 3 rings (SSSR count). The summed E-state index contributed by atoms with van der Waals surface area (Å²) in [5, 5.41) is 6.63. The molecule has 0 saturated carbocycles. The molecule has 0 saturated heterocycles. The molecule has 0 atom stereocenters. The van der Waals surface area contributed by atoms with Crippen molar-refractivity contribution in [1.29, 1.82) is 0 Å². The molecule has 0 aliphatic heterocycles. The van der Waals surface area contributed by atoms with E-state index in [2.05, 4.69) is 15.5 Å². The smallest absolute Gasteiger partial charge is 0.322 e. The standard InChI is InChI=1S/C15H11F2N3O/c16-11-7-5-10(6-8-11)9-18-15-19-14(20-21-15)12-3-1-2-4-13(12)17/h1-8H,9H2,(H,18,19,20). The number of halogens is 2. The van der Waals surface area contributed by atoms with Crippen molar-refractivity contribution in [3.63, 3.8) is 0 Å². The Morgan fingerprint density at radius 3 is 2.52 bits per heavy atom. The van der Waals surface area contributed by atoms with Gasteiger partial charge in [-0.15, -0.1) is 0 Å². The van der Waals surface area contributed by atoms with Crippen molar-refractivity contribution in [2.75, 3.05) is 5.32 Å². The Hall–Kier alpha value is -2.76. The molecule has 0 unspecified atom stereocenters. The minimum absolute atomic E-state index is 0.176. The number of hydrogen-bond acceptors (Lipinski definition) is 4. The average Bonchev–Trinajstić information content (AvgIpc) is 2.96. The van der Waals surface area contributed by atoms with Gasteiger partial charge in [-0.05, 0) is 29.8 Å². The lowest BCUT2D eigenvalue weighted by Crippen LogP contribution is -1.99. The quantitative estimate of drug-likeness (QED) is 0.796. The third-order valence-electron chi connectivity index (χ3n) is 2.90. The molecule has 1 aromatic heterocycles. The number of nitrogens with zero attached hydrogens (tertiary/aromatic N) is 2. The molecular weight excluding hydrogens is 276 g/mol. The van der Waals surface area contributed by atoms with Crippen LogP contribution < -0.4 is 5.32 Å². The van der Waals surface area contributed by atoms with Crippen LogP contribution in [0.1, 0.15) is 5.56 Å². The maximum absolute atomic E-state index is 13.6. The monoisotopic (exact) mass is 287 g/mol. The molecule has 106 valence electrons. The van der Waals surface area contributed by atoms with E-state index in [1.54, 1.807) is 30.3 Å². The van der Waals surface area contributed by atoms with Crippen LogP contribution in [0.4, 0.5) is 14.8 Å². The van der Waals surface area contributed by atoms with Crippen molar-refractivity contribution in [2.24, 2.45) is 0 Å². The number of anilines is 1. The predicted octanol–water partition coefficient (Wildman–Crippen LogP) is 3.63. The van der Waals surface area contributed by atoms with Crippen molar-refractivity contribution in [3.8, 4) is 11.4 Å². The van der Waals surface area contributed by atoms with E-state index in [-0.39, 0.29) is 23.2 Å². The summed E-state index contributed by atoms with van der Waals surface area (Å²) in [5.74, 6) is -0.531. The minimum Gasteiger partial charge on any atom is -0.334 e. The Bertz CT molecular complexity index is 741. The van der Waals surface area contributed by atoms with E-state index in [1.165, 1.54) is 18.2 Å².